The van der Waals surface area contributed by atoms with E-state index in [0.29, 0.717) is 6.42 Å². The highest BCUT2D eigenvalue weighted by atomic mass is 35.5. The lowest BCUT2D eigenvalue weighted by Gasteiger charge is -2.23. The molecule has 0 aliphatic carbocycles. The van der Waals surface area contributed by atoms with Crippen molar-refractivity contribution < 1.29 is 21.7 Å². The number of carbonyl (C=O) groups excluding carboxylic acids is 1. The lowest BCUT2D eigenvalue weighted by molar-refractivity contribution is -0.870. The van der Waals surface area contributed by atoms with Gasteiger partial charge >= 0.3 is 0 Å². The van der Waals surface area contributed by atoms with Crippen molar-refractivity contribution in [3.05, 3.63) is 0 Å². The first-order valence-corrected chi connectivity index (χ1v) is 12.5. The first-order chi connectivity index (χ1) is 13.5. The van der Waals surface area contributed by atoms with Gasteiger partial charge in [0, 0.05) is 13.0 Å². The summed E-state index contributed by atoms with van der Waals surface area (Å²) < 4.78 is 1.01. The molecular weight excluding hydrogens is 380 g/mol. The molecule has 29 heavy (non-hydrogen) atoms. The number of rotatable bonds is 21. The summed E-state index contributed by atoms with van der Waals surface area (Å²) in [5.41, 5.74) is 0. The molecule has 0 aromatic rings. The maximum Gasteiger partial charge on any atom is 0.219 e. The predicted octanol–water partition coefficient (Wildman–Crippen LogP) is 3.85. The van der Waals surface area contributed by atoms with E-state index in [1.54, 1.807) is 0 Å². The third-order valence-electron chi connectivity index (χ3n) is 5.59. The van der Waals surface area contributed by atoms with Crippen LogP contribution in [0.1, 0.15) is 122 Å². The van der Waals surface area contributed by atoms with Crippen LogP contribution in [0, 0.1) is 0 Å². The summed E-state index contributed by atoms with van der Waals surface area (Å²) in [6.07, 6.45) is 23.6. The number of halogens is 1. The second-order valence-electron chi connectivity index (χ2n) is 9.77. The minimum atomic E-state index is 0. The molecule has 0 saturated heterocycles. The molecule has 0 atom stereocenters. The molecule has 4 heteroatoms. The highest BCUT2D eigenvalue weighted by Crippen LogP contribution is 2.13. The molecule has 0 aliphatic rings. The van der Waals surface area contributed by atoms with Gasteiger partial charge in [-0.3, -0.25) is 4.79 Å². The average Bonchev–Trinajstić information content (AvgIpc) is 2.63. The molecule has 0 aromatic carbocycles. The minimum Gasteiger partial charge on any atom is -1.00 e. The van der Waals surface area contributed by atoms with Gasteiger partial charge in [-0.1, -0.05) is 96.8 Å². The molecule has 0 aliphatic heterocycles. The maximum absolute atomic E-state index is 11.8. The van der Waals surface area contributed by atoms with Crippen LogP contribution < -0.4 is 17.7 Å². The van der Waals surface area contributed by atoms with Crippen LogP contribution in [0.5, 0.6) is 0 Å². The van der Waals surface area contributed by atoms with Gasteiger partial charge in [-0.2, -0.15) is 0 Å². The summed E-state index contributed by atoms with van der Waals surface area (Å²) >= 11 is 0. The lowest BCUT2D eigenvalue weighted by Crippen LogP contribution is -3.00. The zero-order valence-electron chi connectivity index (χ0n) is 20.4. The minimum absolute atomic E-state index is 0. The van der Waals surface area contributed by atoms with Crippen molar-refractivity contribution >= 4 is 5.91 Å². The monoisotopic (exact) mass is 432 g/mol. The van der Waals surface area contributed by atoms with E-state index in [1.165, 1.54) is 103 Å². The SMILES string of the molecule is CCCCCCCCCCCCCCCCCC(=O)NCCCC[N+](C)(C)C.[Cl-]. The van der Waals surface area contributed by atoms with E-state index in [2.05, 4.69) is 33.4 Å². The molecule has 0 aromatic heterocycles. The summed E-state index contributed by atoms with van der Waals surface area (Å²) in [5, 5.41) is 3.07. The Labute approximate surface area is 189 Å². The van der Waals surface area contributed by atoms with E-state index < -0.39 is 0 Å². The molecular formula is C25H53ClN2O. The summed E-state index contributed by atoms with van der Waals surface area (Å²) in [6, 6.07) is 0. The standard InChI is InChI=1S/C25H52N2O.ClH/c1-5-6-7-8-9-10-11-12-13-14-15-16-17-18-19-22-25(28)26-23-20-21-24-27(2,3)4;/h5-24H2,1-4H3;1H. The van der Waals surface area contributed by atoms with Gasteiger partial charge in [0.2, 0.25) is 5.91 Å². The van der Waals surface area contributed by atoms with Gasteiger partial charge in [-0.05, 0) is 19.3 Å². The number of carbonyl (C=O) groups is 1. The van der Waals surface area contributed by atoms with Gasteiger partial charge in [0.25, 0.3) is 0 Å². The van der Waals surface area contributed by atoms with E-state index in [9.17, 15) is 4.79 Å². The second kappa shape index (κ2) is 22.4. The Kier molecular flexibility index (Phi) is 23.9. The number of amides is 1. The first-order valence-electron chi connectivity index (χ1n) is 12.5. The molecule has 0 unspecified atom stereocenters. The van der Waals surface area contributed by atoms with Crippen LogP contribution in [0.2, 0.25) is 0 Å². The van der Waals surface area contributed by atoms with Gasteiger partial charge in [0.15, 0.2) is 0 Å². The third kappa shape index (κ3) is 27.7. The normalized spacial score (nSPS) is 11.3. The van der Waals surface area contributed by atoms with Crippen LogP contribution in [-0.4, -0.2) is 44.6 Å². The highest BCUT2D eigenvalue weighted by Gasteiger charge is 2.06. The van der Waals surface area contributed by atoms with E-state index in [1.807, 2.05) is 0 Å². The number of unbranched alkanes of at least 4 members (excludes halogenated alkanes) is 15. The Hall–Kier alpha value is -0.280. The maximum atomic E-state index is 11.8. The van der Waals surface area contributed by atoms with Crippen LogP contribution in [0.15, 0.2) is 0 Å². The van der Waals surface area contributed by atoms with E-state index in [-0.39, 0.29) is 18.3 Å². The molecule has 0 spiro atoms. The largest absolute Gasteiger partial charge is 1.00 e. The van der Waals surface area contributed by atoms with Gasteiger partial charge in [0.05, 0.1) is 27.7 Å². The Balaban J connectivity index is 0. The Morgan fingerprint density at radius 1 is 0.621 bits per heavy atom. The number of hydrogen-bond donors (Lipinski definition) is 1. The molecule has 0 rings (SSSR count). The van der Waals surface area contributed by atoms with Crippen molar-refractivity contribution in [3.63, 3.8) is 0 Å². The average molecular weight is 433 g/mol. The molecule has 0 radical (unpaired) electrons. The first kappa shape index (κ1) is 30.9. The lowest BCUT2D eigenvalue weighted by atomic mass is 10.0. The highest BCUT2D eigenvalue weighted by molar-refractivity contribution is 5.75. The predicted molar refractivity (Wildman–Crippen MR) is 125 cm³/mol. The third-order valence-corrected chi connectivity index (χ3v) is 5.59. The van der Waals surface area contributed by atoms with Gasteiger partial charge in [0.1, 0.15) is 0 Å². The summed E-state index contributed by atoms with van der Waals surface area (Å²) in [7, 11) is 6.65. The van der Waals surface area contributed by atoms with Crippen molar-refractivity contribution in [3.8, 4) is 0 Å². The number of nitrogens with zero attached hydrogens (tertiary/aromatic N) is 1. The molecule has 1 N–H and O–H groups in total. The van der Waals surface area contributed by atoms with Gasteiger partial charge < -0.3 is 22.2 Å². The molecule has 0 bridgehead atoms. The molecule has 1 amide bonds. The molecule has 0 saturated carbocycles. The zero-order valence-corrected chi connectivity index (χ0v) is 21.1. The second-order valence-corrected chi connectivity index (χ2v) is 9.77. The van der Waals surface area contributed by atoms with Crippen molar-refractivity contribution in [2.45, 2.75) is 122 Å². The Bertz CT molecular complexity index is 342. The van der Waals surface area contributed by atoms with E-state index in [0.717, 1.165) is 23.9 Å². The fraction of sp³-hybridized carbons (Fsp3) is 0.960. The smallest absolute Gasteiger partial charge is 0.219 e. The van der Waals surface area contributed by atoms with Crippen molar-refractivity contribution in [1.82, 2.24) is 5.32 Å². The number of nitrogens with one attached hydrogen (secondary N) is 1. The van der Waals surface area contributed by atoms with Crippen LogP contribution in [0.4, 0.5) is 0 Å². The molecule has 3 nitrogen and oxygen atoms in total. The van der Waals surface area contributed by atoms with E-state index >= 15 is 0 Å². The quantitative estimate of drug-likeness (QED) is 0.216. The van der Waals surface area contributed by atoms with Crippen molar-refractivity contribution in [1.29, 1.82) is 0 Å². The Morgan fingerprint density at radius 3 is 1.45 bits per heavy atom. The topological polar surface area (TPSA) is 29.1 Å². The van der Waals surface area contributed by atoms with Crippen molar-refractivity contribution in [2.75, 3.05) is 34.2 Å². The van der Waals surface area contributed by atoms with Crippen LogP contribution in [0.25, 0.3) is 0 Å². The molecule has 0 fully saturated rings. The Morgan fingerprint density at radius 2 is 1.03 bits per heavy atom. The van der Waals surface area contributed by atoms with E-state index in [4.69, 9.17) is 0 Å². The fourth-order valence-corrected chi connectivity index (χ4v) is 3.68. The number of quaternary nitrogens is 1. The summed E-state index contributed by atoms with van der Waals surface area (Å²) in [4.78, 5) is 11.8. The van der Waals surface area contributed by atoms with Crippen LogP contribution in [-0.2, 0) is 4.79 Å². The zero-order chi connectivity index (χ0) is 20.9. The molecule has 0 heterocycles. The molecule has 176 valence electrons. The van der Waals surface area contributed by atoms with Crippen molar-refractivity contribution in [2.24, 2.45) is 0 Å². The van der Waals surface area contributed by atoms with Crippen LogP contribution >= 0.6 is 0 Å². The summed E-state index contributed by atoms with van der Waals surface area (Å²) in [5.74, 6) is 0.250. The van der Waals surface area contributed by atoms with Gasteiger partial charge in [-0.25, -0.2) is 0 Å². The fourth-order valence-electron chi connectivity index (χ4n) is 3.68. The van der Waals surface area contributed by atoms with Crippen LogP contribution in [0.3, 0.4) is 0 Å². The van der Waals surface area contributed by atoms with Gasteiger partial charge in [-0.15, -0.1) is 0 Å². The number of hydrogen-bond acceptors (Lipinski definition) is 1. The summed E-state index contributed by atoms with van der Waals surface area (Å²) in [6.45, 7) is 4.31.